The first-order valence-electron chi connectivity index (χ1n) is 6.28. The highest BCUT2D eigenvalue weighted by molar-refractivity contribution is 5.90. The van der Waals surface area contributed by atoms with E-state index in [9.17, 15) is 4.79 Å². The summed E-state index contributed by atoms with van der Waals surface area (Å²) < 4.78 is 4.89. The number of anilines is 1. The minimum absolute atomic E-state index is 0.0134. The average Bonchev–Trinajstić information content (AvgIpc) is 2.52. The van der Waals surface area contributed by atoms with Gasteiger partial charge in [-0.2, -0.15) is 0 Å². The minimum atomic E-state index is -0.411. The Kier molecular flexibility index (Phi) is 4.80. The van der Waals surface area contributed by atoms with Gasteiger partial charge in [0.15, 0.2) is 6.61 Å². The van der Waals surface area contributed by atoms with Gasteiger partial charge >= 0.3 is 5.97 Å². The number of ether oxygens (including phenoxy) is 1. The molecule has 2 aromatic rings. The zero-order valence-electron chi connectivity index (χ0n) is 11.0. The van der Waals surface area contributed by atoms with E-state index in [0.717, 1.165) is 5.69 Å². The number of esters is 1. The van der Waals surface area contributed by atoms with Crippen molar-refractivity contribution in [3.8, 4) is 12.3 Å². The van der Waals surface area contributed by atoms with Crippen molar-refractivity contribution in [2.45, 2.75) is 6.54 Å². The molecule has 2 rings (SSSR count). The van der Waals surface area contributed by atoms with E-state index in [1.54, 1.807) is 18.2 Å². The van der Waals surface area contributed by atoms with Crippen LogP contribution in [0.2, 0.25) is 0 Å². The van der Waals surface area contributed by atoms with Crippen molar-refractivity contribution >= 4 is 11.7 Å². The first-order chi connectivity index (χ1) is 9.79. The van der Waals surface area contributed by atoms with Gasteiger partial charge in [0.25, 0.3) is 0 Å². The second-order valence-corrected chi connectivity index (χ2v) is 4.20. The Morgan fingerprint density at radius 1 is 1.15 bits per heavy atom. The van der Waals surface area contributed by atoms with Gasteiger partial charge in [-0.25, -0.2) is 4.79 Å². The maximum Gasteiger partial charge on any atom is 0.339 e. The van der Waals surface area contributed by atoms with Crippen LogP contribution in [-0.2, 0) is 11.3 Å². The van der Waals surface area contributed by atoms with E-state index in [4.69, 9.17) is 11.2 Å². The number of terminal acetylenes is 1. The second-order valence-electron chi connectivity index (χ2n) is 4.20. The van der Waals surface area contributed by atoms with Crippen molar-refractivity contribution in [2.24, 2.45) is 0 Å². The third kappa shape index (κ3) is 3.89. The Balaban J connectivity index is 1.99. The zero-order chi connectivity index (χ0) is 14.2. The standard InChI is InChI=1S/C17H15NO2/c1-2-11-20-17(19)15-9-6-10-16(12-15)18-13-14-7-4-3-5-8-14/h1,3-10,12,18H,11,13H2. The molecule has 0 amide bonds. The van der Waals surface area contributed by atoms with Crippen LogP contribution in [0.3, 0.4) is 0 Å². The van der Waals surface area contributed by atoms with E-state index in [-0.39, 0.29) is 6.61 Å². The fourth-order valence-electron chi connectivity index (χ4n) is 1.75. The molecular weight excluding hydrogens is 250 g/mol. The van der Waals surface area contributed by atoms with Crippen molar-refractivity contribution in [1.82, 2.24) is 0 Å². The van der Waals surface area contributed by atoms with Crippen LogP contribution in [0.15, 0.2) is 54.6 Å². The van der Waals surface area contributed by atoms with Gasteiger partial charge in [0.2, 0.25) is 0 Å². The lowest BCUT2D eigenvalue weighted by atomic mass is 10.2. The molecule has 0 aliphatic carbocycles. The fraction of sp³-hybridized carbons (Fsp3) is 0.118. The third-order valence-corrected chi connectivity index (χ3v) is 2.72. The summed E-state index contributed by atoms with van der Waals surface area (Å²) in [5.74, 6) is 1.86. The van der Waals surface area contributed by atoms with E-state index in [1.165, 1.54) is 5.56 Å². The highest BCUT2D eigenvalue weighted by Crippen LogP contribution is 2.13. The summed E-state index contributed by atoms with van der Waals surface area (Å²) in [6.07, 6.45) is 5.06. The molecule has 0 aliphatic heterocycles. The monoisotopic (exact) mass is 265 g/mol. The Morgan fingerprint density at radius 3 is 2.70 bits per heavy atom. The van der Waals surface area contributed by atoms with Crippen LogP contribution in [-0.4, -0.2) is 12.6 Å². The number of rotatable bonds is 5. The van der Waals surface area contributed by atoms with E-state index in [1.807, 2.05) is 36.4 Å². The molecule has 0 saturated carbocycles. The summed E-state index contributed by atoms with van der Waals surface area (Å²) in [6, 6.07) is 17.2. The van der Waals surface area contributed by atoms with Crippen molar-refractivity contribution in [2.75, 3.05) is 11.9 Å². The third-order valence-electron chi connectivity index (χ3n) is 2.72. The molecule has 0 bridgehead atoms. The van der Waals surface area contributed by atoms with Gasteiger partial charge in [-0.1, -0.05) is 42.3 Å². The van der Waals surface area contributed by atoms with Gasteiger partial charge in [-0.05, 0) is 23.8 Å². The Hall–Kier alpha value is -2.73. The van der Waals surface area contributed by atoms with Gasteiger partial charge in [-0.15, -0.1) is 6.42 Å². The molecular formula is C17H15NO2. The molecule has 0 spiro atoms. The summed E-state index contributed by atoms with van der Waals surface area (Å²) in [5, 5.41) is 3.26. The van der Waals surface area contributed by atoms with Crippen molar-refractivity contribution < 1.29 is 9.53 Å². The molecule has 20 heavy (non-hydrogen) atoms. The summed E-state index contributed by atoms with van der Waals surface area (Å²) in [4.78, 5) is 11.7. The van der Waals surface area contributed by atoms with Crippen molar-refractivity contribution in [3.05, 3.63) is 65.7 Å². The molecule has 0 atom stereocenters. The molecule has 0 aliphatic rings. The Morgan fingerprint density at radius 2 is 1.95 bits per heavy atom. The fourth-order valence-corrected chi connectivity index (χ4v) is 1.75. The molecule has 100 valence electrons. The first-order valence-corrected chi connectivity index (χ1v) is 6.28. The maximum absolute atomic E-state index is 11.7. The predicted molar refractivity (Wildman–Crippen MR) is 79.3 cm³/mol. The van der Waals surface area contributed by atoms with Crippen LogP contribution in [0.1, 0.15) is 15.9 Å². The van der Waals surface area contributed by atoms with Gasteiger partial charge in [0.05, 0.1) is 5.56 Å². The van der Waals surface area contributed by atoms with E-state index in [0.29, 0.717) is 12.1 Å². The van der Waals surface area contributed by atoms with Crippen LogP contribution < -0.4 is 5.32 Å². The van der Waals surface area contributed by atoms with Crippen molar-refractivity contribution in [3.63, 3.8) is 0 Å². The summed E-state index contributed by atoms with van der Waals surface area (Å²) in [6.45, 7) is 0.685. The zero-order valence-corrected chi connectivity index (χ0v) is 11.0. The minimum Gasteiger partial charge on any atom is -0.449 e. The lowest BCUT2D eigenvalue weighted by molar-refractivity contribution is 0.0557. The highest BCUT2D eigenvalue weighted by atomic mass is 16.5. The maximum atomic E-state index is 11.7. The van der Waals surface area contributed by atoms with Crippen molar-refractivity contribution in [1.29, 1.82) is 0 Å². The topological polar surface area (TPSA) is 38.3 Å². The molecule has 3 nitrogen and oxygen atoms in total. The normalized spacial score (nSPS) is 9.55. The molecule has 1 N–H and O–H groups in total. The van der Waals surface area contributed by atoms with Gasteiger partial charge in [-0.3, -0.25) is 0 Å². The number of carbonyl (C=O) groups is 1. The number of hydrogen-bond donors (Lipinski definition) is 1. The van der Waals surface area contributed by atoms with E-state index < -0.39 is 5.97 Å². The molecule has 0 saturated heterocycles. The second kappa shape index (κ2) is 7.01. The van der Waals surface area contributed by atoms with E-state index in [2.05, 4.69) is 11.2 Å². The summed E-state index contributed by atoms with van der Waals surface area (Å²) in [5.41, 5.74) is 2.52. The predicted octanol–water partition coefficient (Wildman–Crippen LogP) is 3.09. The first kappa shape index (κ1) is 13.7. The SMILES string of the molecule is C#CCOC(=O)c1cccc(NCc2ccccc2)c1. The molecule has 0 aromatic heterocycles. The molecule has 0 unspecified atom stereocenters. The quantitative estimate of drug-likeness (QED) is 0.667. The van der Waals surface area contributed by atoms with Crippen LogP contribution in [0, 0.1) is 12.3 Å². The van der Waals surface area contributed by atoms with Crippen LogP contribution in [0.4, 0.5) is 5.69 Å². The summed E-state index contributed by atoms with van der Waals surface area (Å²) in [7, 11) is 0. The van der Waals surface area contributed by atoms with Crippen LogP contribution in [0.25, 0.3) is 0 Å². The van der Waals surface area contributed by atoms with Crippen LogP contribution in [0.5, 0.6) is 0 Å². The molecule has 0 fully saturated rings. The number of benzene rings is 2. The molecule has 0 radical (unpaired) electrons. The lowest BCUT2D eigenvalue weighted by Gasteiger charge is -2.08. The Bertz CT molecular complexity index is 614. The number of nitrogens with one attached hydrogen (secondary N) is 1. The number of hydrogen-bond acceptors (Lipinski definition) is 3. The molecule has 0 heterocycles. The number of carbonyl (C=O) groups excluding carboxylic acids is 1. The summed E-state index contributed by atoms with van der Waals surface area (Å²) >= 11 is 0. The van der Waals surface area contributed by atoms with E-state index >= 15 is 0 Å². The van der Waals surface area contributed by atoms with Gasteiger partial charge in [0, 0.05) is 12.2 Å². The highest BCUT2D eigenvalue weighted by Gasteiger charge is 2.06. The van der Waals surface area contributed by atoms with Gasteiger partial charge in [0.1, 0.15) is 0 Å². The molecule has 3 heteroatoms. The van der Waals surface area contributed by atoms with Gasteiger partial charge < -0.3 is 10.1 Å². The average molecular weight is 265 g/mol. The van der Waals surface area contributed by atoms with Crippen LogP contribution >= 0.6 is 0 Å². The Labute approximate surface area is 118 Å². The largest absolute Gasteiger partial charge is 0.449 e. The lowest BCUT2D eigenvalue weighted by Crippen LogP contribution is -2.06. The molecule has 2 aromatic carbocycles. The smallest absolute Gasteiger partial charge is 0.339 e.